The maximum Gasteiger partial charge on any atom is 0.281 e. The van der Waals surface area contributed by atoms with Gasteiger partial charge in [-0.3, -0.25) is 19.9 Å². The van der Waals surface area contributed by atoms with Crippen molar-refractivity contribution in [1.29, 1.82) is 0 Å². The molecule has 3 aromatic rings. The van der Waals surface area contributed by atoms with E-state index in [9.17, 15) is 18.4 Å². The number of aromatic amines is 1. The number of aryl methyl sites for hydroxylation is 3. The van der Waals surface area contributed by atoms with Gasteiger partial charge in [0.05, 0.1) is 11.3 Å². The lowest BCUT2D eigenvalue weighted by molar-refractivity contribution is -0.126. The van der Waals surface area contributed by atoms with Crippen LogP contribution < -0.4 is 5.32 Å². The van der Waals surface area contributed by atoms with Crippen LogP contribution in [-0.4, -0.2) is 26.6 Å². The van der Waals surface area contributed by atoms with Gasteiger partial charge in [0.2, 0.25) is 5.95 Å². The molecule has 3 rings (SSSR count). The van der Waals surface area contributed by atoms with Crippen LogP contribution in [0.1, 0.15) is 66.5 Å². The standard InChI is InChI=1S/C25H27ClF2N4O2/c1-13-6-8-16(11-18(13)26)20-14(2)30-24(31-20)32-23(34)17-10-15(12-29-21(17)22(27)28)7-9-19(33)25(3,4)5/h6,8,10-12,22H,7,9H2,1-5H3,(H2,30,31,32,34). The second-order valence-corrected chi connectivity index (χ2v) is 9.63. The zero-order chi connectivity index (χ0) is 25.2. The number of alkyl halides is 2. The fourth-order valence-corrected chi connectivity index (χ4v) is 3.54. The monoisotopic (exact) mass is 488 g/mol. The number of pyridine rings is 1. The molecule has 2 aromatic heterocycles. The molecule has 0 spiro atoms. The van der Waals surface area contributed by atoms with Crippen LogP contribution in [0.4, 0.5) is 14.7 Å². The molecule has 6 nitrogen and oxygen atoms in total. The van der Waals surface area contributed by atoms with Gasteiger partial charge in [-0.2, -0.15) is 0 Å². The Hall–Kier alpha value is -3.13. The van der Waals surface area contributed by atoms with E-state index >= 15 is 0 Å². The lowest BCUT2D eigenvalue weighted by atomic mass is 9.87. The number of ketones is 1. The Morgan fingerprint density at radius 2 is 1.88 bits per heavy atom. The van der Waals surface area contributed by atoms with Gasteiger partial charge < -0.3 is 4.98 Å². The average molecular weight is 489 g/mol. The number of halogens is 3. The predicted molar refractivity (Wildman–Crippen MR) is 128 cm³/mol. The van der Waals surface area contributed by atoms with Crippen molar-refractivity contribution >= 4 is 29.2 Å². The number of nitrogens with zero attached hydrogens (tertiary/aromatic N) is 2. The molecule has 0 bridgehead atoms. The van der Waals surface area contributed by atoms with E-state index in [1.54, 1.807) is 13.0 Å². The fourth-order valence-electron chi connectivity index (χ4n) is 3.36. The van der Waals surface area contributed by atoms with Gasteiger partial charge in [0, 0.05) is 34.3 Å². The van der Waals surface area contributed by atoms with Crippen molar-refractivity contribution in [3.63, 3.8) is 0 Å². The second kappa shape index (κ2) is 10.0. The number of carbonyl (C=O) groups is 2. The summed E-state index contributed by atoms with van der Waals surface area (Å²) in [6, 6.07) is 6.85. The average Bonchev–Trinajstić information content (AvgIpc) is 3.12. The molecule has 1 aromatic carbocycles. The smallest absolute Gasteiger partial charge is 0.281 e. The lowest BCUT2D eigenvalue weighted by Crippen LogP contribution is -2.21. The van der Waals surface area contributed by atoms with Crippen LogP contribution in [0.25, 0.3) is 11.3 Å². The minimum atomic E-state index is -2.94. The Morgan fingerprint density at radius 1 is 1.18 bits per heavy atom. The summed E-state index contributed by atoms with van der Waals surface area (Å²) in [6.07, 6.45) is -1.13. The summed E-state index contributed by atoms with van der Waals surface area (Å²) in [5, 5.41) is 3.13. The van der Waals surface area contributed by atoms with E-state index in [-0.39, 0.29) is 23.7 Å². The Bertz CT molecular complexity index is 1230. The van der Waals surface area contributed by atoms with E-state index in [0.29, 0.717) is 28.4 Å². The number of anilines is 1. The van der Waals surface area contributed by atoms with Crippen molar-refractivity contribution in [2.45, 2.75) is 53.9 Å². The minimum absolute atomic E-state index is 0.0336. The molecule has 0 radical (unpaired) electrons. The molecule has 0 aliphatic carbocycles. The van der Waals surface area contributed by atoms with Gasteiger partial charge in [-0.15, -0.1) is 0 Å². The summed E-state index contributed by atoms with van der Waals surface area (Å²) < 4.78 is 27.1. The molecular formula is C25H27ClF2N4O2. The number of benzene rings is 1. The molecule has 0 aliphatic heterocycles. The summed E-state index contributed by atoms with van der Waals surface area (Å²) in [4.78, 5) is 36.3. The van der Waals surface area contributed by atoms with E-state index < -0.39 is 23.4 Å². The molecule has 0 fully saturated rings. The summed E-state index contributed by atoms with van der Waals surface area (Å²) in [5.74, 6) is -0.622. The number of rotatable bonds is 7. The number of imidazole rings is 1. The third-order valence-electron chi connectivity index (χ3n) is 5.47. The molecule has 9 heteroatoms. The Balaban J connectivity index is 1.84. The first-order valence-corrected chi connectivity index (χ1v) is 11.2. The van der Waals surface area contributed by atoms with Crippen molar-refractivity contribution in [3.8, 4) is 11.3 Å². The van der Waals surface area contributed by atoms with Crippen molar-refractivity contribution in [2.75, 3.05) is 5.32 Å². The number of nitrogens with one attached hydrogen (secondary N) is 2. The number of aromatic nitrogens is 3. The van der Waals surface area contributed by atoms with Gasteiger partial charge >= 0.3 is 0 Å². The zero-order valence-electron chi connectivity index (χ0n) is 19.7. The van der Waals surface area contributed by atoms with Gasteiger partial charge in [0.15, 0.2) is 0 Å². The molecule has 0 aliphatic rings. The Kier molecular flexibility index (Phi) is 7.51. The van der Waals surface area contributed by atoms with Crippen LogP contribution in [0.3, 0.4) is 0 Å². The van der Waals surface area contributed by atoms with Gasteiger partial charge in [-0.1, -0.05) is 44.5 Å². The summed E-state index contributed by atoms with van der Waals surface area (Å²) in [7, 11) is 0. The molecule has 0 saturated carbocycles. The number of H-pyrrole nitrogens is 1. The topological polar surface area (TPSA) is 87.7 Å². The molecule has 180 valence electrons. The number of carbonyl (C=O) groups excluding carboxylic acids is 2. The van der Waals surface area contributed by atoms with Crippen LogP contribution in [0.2, 0.25) is 5.02 Å². The number of Topliss-reactive ketones (excluding diaryl/α,β-unsaturated/α-hetero) is 1. The van der Waals surface area contributed by atoms with Crippen molar-refractivity contribution in [1.82, 2.24) is 15.0 Å². The van der Waals surface area contributed by atoms with Crippen LogP contribution in [0.15, 0.2) is 30.5 Å². The molecule has 0 saturated heterocycles. The Morgan fingerprint density at radius 3 is 2.50 bits per heavy atom. The lowest BCUT2D eigenvalue weighted by Gasteiger charge is -2.16. The van der Waals surface area contributed by atoms with E-state index in [0.717, 1.165) is 11.1 Å². The first-order valence-electron chi connectivity index (χ1n) is 10.8. The predicted octanol–water partition coefficient (Wildman–Crippen LogP) is 6.48. The number of hydrogen-bond donors (Lipinski definition) is 2. The quantitative estimate of drug-likeness (QED) is 0.398. The summed E-state index contributed by atoms with van der Waals surface area (Å²) in [5.41, 5.74) is 2.07. The van der Waals surface area contributed by atoms with E-state index in [2.05, 4.69) is 20.3 Å². The summed E-state index contributed by atoms with van der Waals surface area (Å²) in [6.45, 7) is 9.12. The maximum atomic E-state index is 13.6. The van der Waals surface area contributed by atoms with Gasteiger partial charge in [-0.05, 0) is 43.5 Å². The van der Waals surface area contributed by atoms with E-state index in [1.807, 2.05) is 39.8 Å². The highest BCUT2D eigenvalue weighted by molar-refractivity contribution is 6.31. The fraction of sp³-hybridized carbons (Fsp3) is 0.360. The molecule has 0 unspecified atom stereocenters. The van der Waals surface area contributed by atoms with Crippen molar-refractivity contribution in [2.24, 2.45) is 5.41 Å². The Labute approximate surface area is 202 Å². The largest absolute Gasteiger partial charge is 0.328 e. The van der Waals surface area contributed by atoms with Gasteiger partial charge in [0.1, 0.15) is 11.5 Å². The normalized spacial score (nSPS) is 11.7. The van der Waals surface area contributed by atoms with Crippen molar-refractivity contribution < 1.29 is 18.4 Å². The third kappa shape index (κ3) is 5.86. The van der Waals surface area contributed by atoms with Gasteiger partial charge in [-0.25, -0.2) is 13.8 Å². The maximum absolute atomic E-state index is 13.6. The minimum Gasteiger partial charge on any atom is -0.328 e. The molecule has 1 amide bonds. The van der Waals surface area contributed by atoms with E-state index in [1.165, 1.54) is 12.3 Å². The SMILES string of the molecule is Cc1ccc(-c2nc(NC(=O)c3cc(CCC(=O)C(C)(C)C)cnc3C(F)F)[nH]c2C)cc1Cl. The van der Waals surface area contributed by atoms with E-state index in [4.69, 9.17) is 11.6 Å². The molecule has 2 heterocycles. The number of amides is 1. The third-order valence-corrected chi connectivity index (χ3v) is 5.87. The first-order chi connectivity index (χ1) is 15.9. The molecule has 34 heavy (non-hydrogen) atoms. The highest BCUT2D eigenvalue weighted by Crippen LogP contribution is 2.28. The number of hydrogen-bond acceptors (Lipinski definition) is 4. The molecule has 2 N–H and O–H groups in total. The van der Waals surface area contributed by atoms with Crippen LogP contribution in [0, 0.1) is 19.3 Å². The van der Waals surface area contributed by atoms with Crippen LogP contribution in [-0.2, 0) is 11.2 Å². The first kappa shape index (κ1) is 25.5. The second-order valence-electron chi connectivity index (χ2n) is 9.23. The van der Waals surface area contributed by atoms with Crippen molar-refractivity contribution in [3.05, 3.63) is 63.6 Å². The van der Waals surface area contributed by atoms with Crippen LogP contribution in [0.5, 0.6) is 0 Å². The summed E-state index contributed by atoms with van der Waals surface area (Å²) >= 11 is 6.21. The molecular weight excluding hydrogens is 462 g/mol. The molecule has 0 atom stereocenters. The van der Waals surface area contributed by atoms with Gasteiger partial charge in [0.25, 0.3) is 12.3 Å². The zero-order valence-corrected chi connectivity index (χ0v) is 20.5. The highest BCUT2D eigenvalue weighted by Gasteiger charge is 2.24. The highest BCUT2D eigenvalue weighted by atomic mass is 35.5. The van der Waals surface area contributed by atoms with Crippen LogP contribution >= 0.6 is 11.6 Å².